The van der Waals surface area contributed by atoms with E-state index in [0.29, 0.717) is 5.82 Å². The third kappa shape index (κ3) is 4.36. The summed E-state index contributed by atoms with van der Waals surface area (Å²) in [6, 6.07) is 19.7. The van der Waals surface area contributed by atoms with Crippen LogP contribution in [0.4, 0.5) is 0 Å². The predicted octanol–water partition coefficient (Wildman–Crippen LogP) is 3.85. The molecule has 0 bridgehead atoms. The molecule has 0 radical (unpaired) electrons. The number of nitrogens with zero attached hydrogens (tertiary/aromatic N) is 3. The fourth-order valence-electron chi connectivity index (χ4n) is 2.89. The normalized spacial score (nSPS) is 12.6. The highest BCUT2D eigenvalue weighted by Gasteiger charge is 2.27. The van der Waals surface area contributed by atoms with Crippen molar-refractivity contribution in [3.05, 3.63) is 72.6 Å². The molecule has 1 amide bonds. The van der Waals surface area contributed by atoms with Gasteiger partial charge in [-0.15, -0.1) is 0 Å². The SMILES string of the molecule is CC(C)(C)C(NC(=O)Cn1cnc(-c2ccccc2)n1)c1ccccc1. The van der Waals surface area contributed by atoms with E-state index < -0.39 is 0 Å². The van der Waals surface area contributed by atoms with Gasteiger partial charge in [0.1, 0.15) is 12.9 Å². The lowest BCUT2D eigenvalue weighted by molar-refractivity contribution is -0.123. The van der Waals surface area contributed by atoms with Crippen molar-refractivity contribution in [2.45, 2.75) is 33.4 Å². The van der Waals surface area contributed by atoms with Gasteiger partial charge in [-0.25, -0.2) is 9.67 Å². The molecule has 5 nitrogen and oxygen atoms in total. The third-order valence-electron chi connectivity index (χ3n) is 4.18. The largest absolute Gasteiger partial charge is 0.347 e. The number of nitrogens with one attached hydrogen (secondary N) is 1. The average Bonchev–Trinajstić information content (AvgIpc) is 3.09. The van der Waals surface area contributed by atoms with Crippen molar-refractivity contribution in [1.82, 2.24) is 20.1 Å². The van der Waals surface area contributed by atoms with Crippen LogP contribution in [-0.2, 0) is 11.3 Å². The van der Waals surface area contributed by atoms with E-state index in [0.717, 1.165) is 11.1 Å². The molecule has 3 aromatic rings. The van der Waals surface area contributed by atoms with E-state index in [1.54, 1.807) is 11.0 Å². The number of hydrogen-bond donors (Lipinski definition) is 1. The first-order valence-electron chi connectivity index (χ1n) is 8.72. The molecule has 1 aromatic heterocycles. The second kappa shape index (κ2) is 7.52. The first-order valence-corrected chi connectivity index (χ1v) is 8.72. The Morgan fingerprint density at radius 1 is 1.04 bits per heavy atom. The summed E-state index contributed by atoms with van der Waals surface area (Å²) >= 11 is 0. The van der Waals surface area contributed by atoms with Gasteiger partial charge in [-0.2, -0.15) is 5.10 Å². The number of amides is 1. The van der Waals surface area contributed by atoms with Crippen molar-refractivity contribution in [3.63, 3.8) is 0 Å². The molecule has 26 heavy (non-hydrogen) atoms. The molecule has 1 N–H and O–H groups in total. The highest BCUT2D eigenvalue weighted by atomic mass is 16.2. The van der Waals surface area contributed by atoms with E-state index in [1.165, 1.54) is 0 Å². The van der Waals surface area contributed by atoms with Gasteiger partial charge < -0.3 is 5.32 Å². The Kier molecular flexibility index (Phi) is 5.16. The van der Waals surface area contributed by atoms with Crippen molar-refractivity contribution in [1.29, 1.82) is 0 Å². The van der Waals surface area contributed by atoms with Crippen molar-refractivity contribution in [3.8, 4) is 11.4 Å². The smallest absolute Gasteiger partial charge is 0.242 e. The molecule has 0 aliphatic carbocycles. The van der Waals surface area contributed by atoms with Crippen LogP contribution in [0, 0.1) is 5.41 Å². The molecule has 0 spiro atoms. The van der Waals surface area contributed by atoms with Crippen molar-refractivity contribution >= 4 is 5.91 Å². The van der Waals surface area contributed by atoms with Gasteiger partial charge in [0.25, 0.3) is 0 Å². The Morgan fingerprint density at radius 2 is 1.65 bits per heavy atom. The van der Waals surface area contributed by atoms with E-state index in [2.05, 4.69) is 36.2 Å². The van der Waals surface area contributed by atoms with Gasteiger partial charge in [0, 0.05) is 5.56 Å². The minimum Gasteiger partial charge on any atom is -0.347 e. The van der Waals surface area contributed by atoms with Crippen LogP contribution in [0.5, 0.6) is 0 Å². The number of hydrogen-bond acceptors (Lipinski definition) is 3. The molecule has 3 rings (SSSR count). The number of rotatable bonds is 5. The number of carbonyl (C=O) groups is 1. The number of carbonyl (C=O) groups excluding carboxylic acids is 1. The Hall–Kier alpha value is -2.95. The van der Waals surface area contributed by atoms with E-state index in [-0.39, 0.29) is 23.9 Å². The highest BCUT2D eigenvalue weighted by molar-refractivity contribution is 5.76. The second-order valence-electron chi connectivity index (χ2n) is 7.41. The van der Waals surface area contributed by atoms with Crippen LogP contribution < -0.4 is 5.32 Å². The maximum atomic E-state index is 12.6. The molecular formula is C21H24N4O. The van der Waals surface area contributed by atoms with Gasteiger partial charge in [-0.3, -0.25) is 4.79 Å². The van der Waals surface area contributed by atoms with Gasteiger partial charge in [0.2, 0.25) is 5.91 Å². The molecular weight excluding hydrogens is 324 g/mol. The molecule has 0 aliphatic heterocycles. The molecule has 0 saturated carbocycles. The van der Waals surface area contributed by atoms with Gasteiger partial charge in [0.05, 0.1) is 6.04 Å². The predicted molar refractivity (Wildman–Crippen MR) is 102 cm³/mol. The van der Waals surface area contributed by atoms with E-state index in [4.69, 9.17) is 0 Å². The molecule has 1 heterocycles. The van der Waals surface area contributed by atoms with Crippen LogP contribution in [0.3, 0.4) is 0 Å². The molecule has 0 aliphatic rings. The molecule has 134 valence electrons. The third-order valence-corrected chi connectivity index (χ3v) is 4.18. The Labute approximate surface area is 154 Å². The van der Waals surface area contributed by atoms with Crippen molar-refractivity contribution < 1.29 is 4.79 Å². The van der Waals surface area contributed by atoms with Crippen molar-refractivity contribution in [2.24, 2.45) is 5.41 Å². The van der Waals surface area contributed by atoms with Crippen LogP contribution in [0.2, 0.25) is 0 Å². The lowest BCUT2D eigenvalue weighted by Crippen LogP contribution is -2.38. The molecule has 2 aromatic carbocycles. The van der Waals surface area contributed by atoms with Crippen LogP contribution in [0.15, 0.2) is 67.0 Å². The van der Waals surface area contributed by atoms with Gasteiger partial charge >= 0.3 is 0 Å². The van der Waals surface area contributed by atoms with Gasteiger partial charge in [-0.1, -0.05) is 81.4 Å². The molecule has 1 unspecified atom stereocenters. The Morgan fingerprint density at radius 3 is 2.27 bits per heavy atom. The molecule has 1 atom stereocenters. The Bertz CT molecular complexity index is 850. The first kappa shape index (κ1) is 17.9. The zero-order chi connectivity index (χ0) is 18.6. The minimum atomic E-state index is -0.103. The summed E-state index contributed by atoms with van der Waals surface area (Å²) in [5.41, 5.74) is 1.93. The fourth-order valence-corrected chi connectivity index (χ4v) is 2.89. The fraction of sp³-hybridized carbons (Fsp3) is 0.286. The van der Waals surface area contributed by atoms with Crippen LogP contribution in [-0.4, -0.2) is 20.7 Å². The average molecular weight is 348 g/mol. The topological polar surface area (TPSA) is 59.8 Å². The summed E-state index contributed by atoms with van der Waals surface area (Å²) in [6.07, 6.45) is 1.59. The standard InChI is InChI=1S/C21H24N4O/c1-21(2,3)19(16-10-6-4-7-11-16)23-18(26)14-25-15-22-20(24-25)17-12-8-5-9-13-17/h4-13,15,19H,14H2,1-3H3,(H,23,26). The minimum absolute atomic E-state index is 0.0756. The highest BCUT2D eigenvalue weighted by Crippen LogP contribution is 2.32. The summed E-state index contributed by atoms with van der Waals surface area (Å²) in [4.78, 5) is 16.9. The molecule has 0 fully saturated rings. The maximum absolute atomic E-state index is 12.6. The lowest BCUT2D eigenvalue weighted by Gasteiger charge is -2.32. The first-order chi connectivity index (χ1) is 12.4. The number of benzene rings is 2. The van der Waals surface area contributed by atoms with Crippen LogP contribution >= 0.6 is 0 Å². The zero-order valence-electron chi connectivity index (χ0n) is 15.4. The Balaban J connectivity index is 1.71. The number of aromatic nitrogens is 3. The molecule has 0 saturated heterocycles. The van der Waals surface area contributed by atoms with E-state index >= 15 is 0 Å². The monoisotopic (exact) mass is 348 g/mol. The van der Waals surface area contributed by atoms with E-state index in [9.17, 15) is 4.79 Å². The quantitative estimate of drug-likeness (QED) is 0.762. The van der Waals surface area contributed by atoms with E-state index in [1.807, 2.05) is 60.7 Å². The van der Waals surface area contributed by atoms with Gasteiger partial charge in [-0.05, 0) is 11.0 Å². The summed E-state index contributed by atoms with van der Waals surface area (Å²) in [5, 5.41) is 7.55. The van der Waals surface area contributed by atoms with Crippen LogP contribution in [0.25, 0.3) is 11.4 Å². The lowest BCUT2D eigenvalue weighted by atomic mass is 9.82. The second-order valence-corrected chi connectivity index (χ2v) is 7.41. The van der Waals surface area contributed by atoms with Crippen molar-refractivity contribution in [2.75, 3.05) is 0 Å². The summed E-state index contributed by atoms with van der Waals surface area (Å²) in [5.74, 6) is 0.534. The summed E-state index contributed by atoms with van der Waals surface area (Å²) in [7, 11) is 0. The molecule has 5 heteroatoms. The maximum Gasteiger partial charge on any atom is 0.242 e. The van der Waals surface area contributed by atoms with Gasteiger partial charge in [0.15, 0.2) is 5.82 Å². The summed E-state index contributed by atoms with van der Waals surface area (Å²) < 4.78 is 1.57. The zero-order valence-corrected chi connectivity index (χ0v) is 15.4. The summed E-state index contributed by atoms with van der Waals surface area (Å²) in [6.45, 7) is 6.50. The van der Waals surface area contributed by atoms with Crippen LogP contribution in [0.1, 0.15) is 32.4 Å².